The maximum atomic E-state index is 12.3. The smallest absolute Gasteiger partial charge is 0.226 e. The molecule has 0 aliphatic carbocycles. The number of aromatic nitrogens is 1. The van der Waals surface area contributed by atoms with E-state index in [1.165, 1.54) is 16.9 Å². The maximum Gasteiger partial charge on any atom is 0.226 e. The Labute approximate surface area is 194 Å². The summed E-state index contributed by atoms with van der Waals surface area (Å²) in [5, 5.41) is 3.54. The highest BCUT2D eigenvalue weighted by atomic mass is 32.1. The molecule has 2 aromatic carbocycles. The number of hydrogen-bond acceptors (Lipinski definition) is 5. The minimum Gasteiger partial charge on any atom is -0.494 e. The average Bonchev–Trinajstić information content (AvgIpc) is 3.11. The van der Waals surface area contributed by atoms with Crippen LogP contribution in [0, 0.1) is 6.92 Å². The zero-order valence-electron chi connectivity index (χ0n) is 19.5. The summed E-state index contributed by atoms with van der Waals surface area (Å²) < 4.78 is 11.3. The van der Waals surface area contributed by atoms with Gasteiger partial charge in [0, 0.05) is 16.9 Å². The monoisotopic (exact) mass is 452 g/mol. The lowest BCUT2D eigenvalue weighted by molar-refractivity contribution is -0.116. The molecule has 0 atom stereocenters. The van der Waals surface area contributed by atoms with Crippen molar-refractivity contribution < 1.29 is 14.3 Å². The summed E-state index contributed by atoms with van der Waals surface area (Å²) >= 11 is 1.49. The Morgan fingerprint density at radius 1 is 1.00 bits per heavy atom. The van der Waals surface area contributed by atoms with Gasteiger partial charge < -0.3 is 14.8 Å². The molecule has 0 aliphatic rings. The van der Waals surface area contributed by atoms with Crippen molar-refractivity contribution in [3.05, 3.63) is 59.0 Å². The zero-order valence-corrected chi connectivity index (χ0v) is 20.3. The number of carbonyl (C=O) groups excluding carboxylic acids is 1. The number of rotatable bonds is 9. The fraction of sp³-hybridized carbons (Fsp3) is 0.385. The summed E-state index contributed by atoms with van der Waals surface area (Å²) in [6, 6.07) is 16.0. The molecule has 5 nitrogen and oxygen atoms in total. The summed E-state index contributed by atoms with van der Waals surface area (Å²) in [7, 11) is 0. The molecule has 0 bridgehead atoms. The summed E-state index contributed by atoms with van der Waals surface area (Å²) in [4.78, 5) is 18.0. The van der Waals surface area contributed by atoms with Gasteiger partial charge in [0.15, 0.2) is 5.13 Å². The second-order valence-electron chi connectivity index (χ2n) is 8.66. The molecule has 1 heterocycles. The van der Waals surface area contributed by atoms with Crippen molar-refractivity contribution in [2.75, 3.05) is 18.5 Å². The zero-order chi connectivity index (χ0) is 23.1. The van der Waals surface area contributed by atoms with Crippen molar-refractivity contribution in [1.82, 2.24) is 4.98 Å². The largest absolute Gasteiger partial charge is 0.494 e. The highest BCUT2D eigenvalue weighted by Gasteiger charge is 2.14. The number of anilines is 1. The fourth-order valence-electron chi connectivity index (χ4n) is 3.25. The van der Waals surface area contributed by atoms with Crippen LogP contribution in [0.2, 0.25) is 0 Å². The summed E-state index contributed by atoms with van der Waals surface area (Å²) in [5.74, 6) is 1.61. The molecule has 1 N–H and O–H groups in total. The first-order valence-electron chi connectivity index (χ1n) is 11.0. The molecule has 0 spiro atoms. The van der Waals surface area contributed by atoms with Crippen LogP contribution in [0.3, 0.4) is 0 Å². The van der Waals surface area contributed by atoms with Gasteiger partial charge in [0.1, 0.15) is 11.5 Å². The molecule has 32 heavy (non-hydrogen) atoms. The predicted octanol–water partition coefficient (Wildman–Crippen LogP) is 6.61. The number of ether oxygens (including phenoxy) is 2. The molecule has 3 aromatic rings. The molecule has 0 saturated carbocycles. The number of thiazole rings is 1. The normalized spacial score (nSPS) is 11.3. The Morgan fingerprint density at radius 2 is 1.62 bits per heavy atom. The van der Waals surface area contributed by atoms with Gasteiger partial charge in [0.05, 0.1) is 18.9 Å². The molecular weight excluding hydrogens is 420 g/mol. The Kier molecular flexibility index (Phi) is 7.91. The van der Waals surface area contributed by atoms with Crippen LogP contribution >= 0.6 is 11.3 Å². The molecule has 1 amide bonds. The average molecular weight is 453 g/mol. The van der Waals surface area contributed by atoms with Crippen molar-refractivity contribution >= 4 is 22.4 Å². The van der Waals surface area contributed by atoms with Crippen LogP contribution in [0.25, 0.3) is 11.3 Å². The molecule has 0 aliphatic heterocycles. The van der Waals surface area contributed by atoms with Gasteiger partial charge in [-0.2, -0.15) is 0 Å². The van der Waals surface area contributed by atoms with Gasteiger partial charge in [-0.05, 0) is 67.6 Å². The summed E-state index contributed by atoms with van der Waals surface area (Å²) in [6.07, 6.45) is 1.03. The van der Waals surface area contributed by atoms with E-state index in [4.69, 9.17) is 9.47 Å². The molecule has 0 saturated heterocycles. The van der Waals surface area contributed by atoms with Gasteiger partial charge in [-0.25, -0.2) is 4.98 Å². The van der Waals surface area contributed by atoms with Crippen LogP contribution in [-0.2, 0) is 10.2 Å². The maximum absolute atomic E-state index is 12.3. The van der Waals surface area contributed by atoms with E-state index < -0.39 is 0 Å². The SMILES string of the molecule is CCOc1ccc(-c2nc(NC(=O)CCCOc3ccc(C(C)(C)C)cc3)sc2C)cc1. The number of amides is 1. The third-order valence-electron chi connectivity index (χ3n) is 5.02. The van der Waals surface area contributed by atoms with Crippen molar-refractivity contribution in [2.45, 2.75) is 52.9 Å². The van der Waals surface area contributed by atoms with Crippen LogP contribution in [-0.4, -0.2) is 24.1 Å². The molecule has 0 fully saturated rings. The van der Waals surface area contributed by atoms with E-state index in [-0.39, 0.29) is 11.3 Å². The van der Waals surface area contributed by atoms with E-state index in [0.717, 1.165) is 27.6 Å². The van der Waals surface area contributed by atoms with Crippen molar-refractivity contribution in [1.29, 1.82) is 0 Å². The van der Waals surface area contributed by atoms with Gasteiger partial charge in [-0.1, -0.05) is 32.9 Å². The predicted molar refractivity (Wildman–Crippen MR) is 132 cm³/mol. The lowest BCUT2D eigenvalue weighted by Gasteiger charge is -2.19. The van der Waals surface area contributed by atoms with Gasteiger partial charge >= 0.3 is 0 Å². The second kappa shape index (κ2) is 10.6. The fourth-order valence-corrected chi connectivity index (χ4v) is 4.10. The van der Waals surface area contributed by atoms with Gasteiger partial charge in [-0.3, -0.25) is 4.79 Å². The molecule has 6 heteroatoms. The van der Waals surface area contributed by atoms with E-state index in [1.807, 2.05) is 50.2 Å². The van der Waals surface area contributed by atoms with Gasteiger partial charge in [0.25, 0.3) is 0 Å². The number of nitrogens with one attached hydrogen (secondary N) is 1. The molecule has 0 unspecified atom stereocenters. The molecular formula is C26H32N2O3S. The minimum atomic E-state index is -0.0522. The molecule has 170 valence electrons. The molecule has 0 radical (unpaired) electrons. The van der Waals surface area contributed by atoms with E-state index in [1.54, 1.807) is 0 Å². The number of hydrogen-bond donors (Lipinski definition) is 1. The van der Waals surface area contributed by atoms with Crippen LogP contribution in [0.4, 0.5) is 5.13 Å². The van der Waals surface area contributed by atoms with Crippen LogP contribution in [0.1, 0.15) is 51.0 Å². The van der Waals surface area contributed by atoms with E-state index in [2.05, 4.69) is 43.2 Å². The van der Waals surface area contributed by atoms with Crippen molar-refractivity contribution in [3.63, 3.8) is 0 Å². The minimum absolute atomic E-state index is 0.0522. The first-order chi connectivity index (χ1) is 15.3. The lowest BCUT2D eigenvalue weighted by atomic mass is 9.87. The first kappa shape index (κ1) is 23.8. The Bertz CT molecular complexity index is 1020. The summed E-state index contributed by atoms with van der Waals surface area (Å²) in [6.45, 7) is 11.7. The standard InChI is InChI=1S/C26H32N2O3S/c1-6-30-21-13-9-19(10-14-21)24-18(2)32-25(28-24)27-23(29)8-7-17-31-22-15-11-20(12-16-22)26(3,4)5/h9-16H,6-8,17H2,1-5H3,(H,27,28,29). The van der Waals surface area contributed by atoms with Crippen LogP contribution in [0.15, 0.2) is 48.5 Å². The Balaban J connectivity index is 1.46. The highest BCUT2D eigenvalue weighted by molar-refractivity contribution is 7.16. The Morgan fingerprint density at radius 3 is 2.25 bits per heavy atom. The van der Waals surface area contributed by atoms with Gasteiger partial charge in [0.2, 0.25) is 5.91 Å². The van der Waals surface area contributed by atoms with E-state index >= 15 is 0 Å². The molecule has 1 aromatic heterocycles. The highest BCUT2D eigenvalue weighted by Crippen LogP contribution is 2.31. The third kappa shape index (κ3) is 6.57. The lowest BCUT2D eigenvalue weighted by Crippen LogP contribution is -2.13. The van der Waals surface area contributed by atoms with Crippen LogP contribution in [0.5, 0.6) is 11.5 Å². The van der Waals surface area contributed by atoms with Crippen LogP contribution < -0.4 is 14.8 Å². The Hall–Kier alpha value is -2.86. The van der Waals surface area contributed by atoms with Crippen molar-refractivity contribution in [2.24, 2.45) is 0 Å². The number of nitrogens with zero attached hydrogens (tertiary/aromatic N) is 1. The quantitative estimate of drug-likeness (QED) is 0.371. The first-order valence-corrected chi connectivity index (χ1v) is 11.8. The molecule has 3 rings (SSSR count). The van der Waals surface area contributed by atoms with E-state index in [9.17, 15) is 4.79 Å². The second-order valence-corrected chi connectivity index (χ2v) is 9.86. The topological polar surface area (TPSA) is 60.5 Å². The summed E-state index contributed by atoms with van der Waals surface area (Å²) in [5.41, 5.74) is 3.29. The number of carbonyl (C=O) groups is 1. The van der Waals surface area contributed by atoms with Crippen molar-refractivity contribution in [3.8, 4) is 22.8 Å². The number of aryl methyl sites for hydroxylation is 1. The third-order valence-corrected chi connectivity index (χ3v) is 5.91. The van der Waals surface area contributed by atoms with E-state index in [0.29, 0.717) is 31.2 Å². The van der Waals surface area contributed by atoms with Gasteiger partial charge in [-0.15, -0.1) is 11.3 Å². The number of benzene rings is 2.